The van der Waals surface area contributed by atoms with Crippen LogP contribution in [0.4, 0.5) is 4.39 Å². The lowest BCUT2D eigenvalue weighted by Gasteiger charge is -2.14. The maximum atomic E-state index is 12.9. The highest BCUT2D eigenvalue weighted by Gasteiger charge is 2.12. The van der Waals surface area contributed by atoms with E-state index in [1.165, 1.54) is 12.1 Å². The van der Waals surface area contributed by atoms with Gasteiger partial charge in [0.25, 0.3) is 0 Å². The van der Waals surface area contributed by atoms with Gasteiger partial charge in [-0.05, 0) is 48.4 Å². The minimum atomic E-state index is -0.285. The molecule has 0 aliphatic rings. The molecule has 0 amide bonds. The summed E-state index contributed by atoms with van der Waals surface area (Å²) in [5, 5.41) is 12.4. The molecule has 0 saturated heterocycles. The van der Waals surface area contributed by atoms with E-state index in [1.807, 2.05) is 12.1 Å². The van der Waals surface area contributed by atoms with Gasteiger partial charge < -0.3 is 19.9 Å². The Bertz CT molecular complexity index is 649. The molecule has 0 atom stereocenters. The third kappa shape index (κ3) is 5.37. The molecule has 2 aromatic carbocycles. The van der Waals surface area contributed by atoms with Gasteiger partial charge in [-0.2, -0.15) is 0 Å². The zero-order valence-electron chi connectivity index (χ0n) is 13.5. The van der Waals surface area contributed by atoms with Crippen LogP contribution in [0.2, 0.25) is 5.02 Å². The quantitative estimate of drug-likeness (QED) is 0.677. The molecular formula is C18H21ClFNO3. The number of rotatable bonds is 9. The van der Waals surface area contributed by atoms with Crippen LogP contribution in [0.5, 0.6) is 11.5 Å². The second kappa shape index (κ2) is 9.47. The minimum absolute atomic E-state index is 0.160. The first-order valence-electron chi connectivity index (χ1n) is 7.69. The first-order valence-corrected chi connectivity index (χ1v) is 8.07. The molecule has 24 heavy (non-hydrogen) atoms. The smallest absolute Gasteiger partial charge is 0.180 e. The van der Waals surface area contributed by atoms with Gasteiger partial charge in [-0.15, -0.1) is 0 Å². The Morgan fingerprint density at radius 1 is 1.17 bits per heavy atom. The van der Waals surface area contributed by atoms with Crippen LogP contribution >= 0.6 is 11.6 Å². The number of aliphatic hydroxyl groups is 1. The van der Waals surface area contributed by atoms with Crippen molar-refractivity contribution in [3.05, 3.63) is 58.4 Å². The second-order valence-corrected chi connectivity index (χ2v) is 5.69. The Labute approximate surface area is 146 Å². The number of ether oxygens (including phenoxy) is 2. The molecule has 0 spiro atoms. The summed E-state index contributed by atoms with van der Waals surface area (Å²) in [6.07, 6.45) is 0.698. The summed E-state index contributed by atoms with van der Waals surface area (Å²) < 4.78 is 24.0. The average Bonchev–Trinajstić information content (AvgIpc) is 2.59. The normalized spacial score (nSPS) is 10.7. The van der Waals surface area contributed by atoms with Crippen LogP contribution in [0.15, 0.2) is 36.4 Å². The average molecular weight is 354 g/mol. The molecule has 0 unspecified atom stereocenters. The topological polar surface area (TPSA) is 50.7 Å². The molecule has 0 radical (unpaired) electrons. The van der Waals surface area contributed by atoms with E-state index >= 15 is 0 Å². The Morgan fingerprint density at radius 3 is 2.58 bits per heavy atom. The highest BCUT2D eigenvalue weighted by Crippen LogP contribution is 2.37. The second-order valence-electron chi connectivity index (χ2n) is 5.28. The van der Waals surface area contributed by atoms with E-state index in [4.69, 9.17) is 26.2 Å². The SMILES string of the molecule is COc1cc(CNCCCO)cc(Cl)c1OCc1ccc(F)cc1. The van der Waals surface area contributed by atoms with Crippen LogP contribution < -0.4 is 14.8 Å². The van der Waals surface area contributed by atoms with Crippen molar-refractivity contribution in [2.24, 2.45) is 0 Å². The molecule has 0 aliphatic heterocycles. The van der Waals surface area contributed by atoms with Crippen molar-refractivity contribution in [2.75, 3.05) is 20.3 Å². The largest absolute Gasteiger partial charge is 0.493 e. The molecule has 2 rings (SSSR count). The molecule has 0 heterocycles. The van der Waals surface area contributed by atoms with Gasteiger partial charge in [0, 0.05) is 13.2 Å². The molecule has 0 aliphatic carbocycles. The van der Waals surface area contributed by atoms with Gasteiger partial charge in [-0.1, -0.05) is 23.7 Å². The molecule has 0 aromatic heterocycles. The van der Waals surface area contributed by atoms with E-state index in [0.29, 0.717) is 29.5 Å². The molecule has 2 N–H and O–H groups in total. The van der Waals surface area contributed by atoms with E-state index in [1.54, 1.807) is 19.2 Å². The van der Waals surface area contributed by atoms with Gasteiger partial charge in [-0.3, -0.25) is 0 Å². The summed E-state index contributed by atoms with van der Waals surface area (Å²) in [5.41, 5.74) is 1.80. The molecule has 0 fully saturated rings. The summed E-state index contributed by atoms with van der Waals surface area (Å²) in [6, 6.07) is 9.77. The van der Waals surface area contributed by atoms with Gasteiger partial charge in [0.15, 0.2) is 11.5 Å². The van der Waals surface area contributed by atoms with Crippen molar-refractivity contribution in [1.29, 1.82) is 0 Å². The lowest BCUT2D eigenvalue weighted by Crippen LogP contribution is -2.15. The van der Waals surface area contributed by atoms with E-state index in [9.17, 15) is 4.39 Å². The van der Waals surface area contributed by atoms with Gasteiger partial charge in [0.2, 0.25) is 0 Å². The summed E-state index contributed by atoms with van der Waals surface area (Å²) in [6.45, 7) is 1.77. The summed E-state index contributed by atoms with van der Waals surface area (Å²) in [7, 11) is 1.55. The monoisotopic (exact) mass is 353 g/mol. The first kappa shape index (κ1) is 18.5. The zero-order valence-corrected chi connectivity index (χ0v) is 14.3. The summed E-state index contributed by atoms with van der Waals surface area (Å²) >= 11 is 6.31. The number of hydrogen-bond donors (Lipinski definition) is 2. The molecule has 6 heteroatoms. The number of benzene rings is 2. The Kier molecular flexibility index (Phi) is 7.31. The standard InChI is InChI=1S/C18H21ClFNO3/c1-23-17-10-14(11-21-7-2-8-22)9-16(19)18(17)24-12-13-3-5-15(20)6-4-13/h3-6,9-10,21-22H,2,7-8,11-12H2,1H3. The molecule has 0 bridgehead atoms. The van der Waals surface area contributed by atoms with Crippen molar-refractivity contribution in [1.82, 2.24) is 5.32 Å². The van der Waals surface area contributed by atoms with E-state index in [2.05, 4.69) is 5.32 Å². The van der Waals surface area contributed by atoms with Gasteiger partial charge in [0.1, 0.15) is 12.4 Å². The van der Waals surface area contributed by atoms with Crippen molar-refractivity contribution < 1.29 is 19.0 Å². The Morgan fingerprint density at radius 2 is 1.92 bits per heavy atom. The third-order valence-corrected chi connectivity index (χ3v) is 3.71. The maximum Gasteiger partial charge on any atom is 0.180 e. The number of hydrogen-bond acceptors (Lipinski definition) is 4. The van der Waals surface area contributed by atoms with Gasteiger partial charge in [-0.25, -0.2) is 4.39 Å². The van der Waals surface area contributed by atoms with Crippen molar-refractivity contribution in [2.45, 2.75) is 19.6 Å². The van der Waals surface area contributed by atoms with Crippen LogP contribution in [0.25, 0.3) is 0 Å². The van der Waals surface area contributed by atoms with Crippen LogP contribution in [0.3, 0.4) is 0 Å². The maximum absolute atomic E-state index is 12.9. The van der Waals surface area contributed by atoms with Crippen LogP contribution in [-0.2, 0) is 13.2 Å². The Hall–Kier alpha value is -1.82. The third-order valence-electron chi connectivity index (χ3n) is 3.43. The fourth-order valence-electron chi connectivity index (χ4n) is 2.19. The Balaban J connectivity index is 2.04. The number of aliphatic hydroxyl groups excluding tert-OH is 1. The number of methoxy groups -OCH3 is 1. The van der Waals surface area contributed by atoms with Crippen molar-refractivity contribution >= 4 is 11.6 Å². The predicted molar refractivity (Wildman–Crippen MR) is 92.1 cm³/mol. The molecular weight excluding hydrogens is 333 g/mol. The zero-order chi connectivity index (χ0) is 17.4. The van der Waals surface area contributed by atoms with Crippen LogP contribution in [0, 0.1) is 5.82 Å². The van der Waals surface area contributed by atoms with Crippen molar-refractivity contribution in [3.63, 3.8) is 0 Å². The molecule has 0 saturated carbocycles. The van der Waals surface area contributed by atoms with E-state index < -0.39 is 0 Å². The van der Waals surface area contributed by atoms with E-state index in [-0.39, 0.29) is 19.0 Å². The molecule has 4 nitrogen and oxygen atoms in total. The fourth-order valence-corrected chi connectivity index (χ4v) is 2.48. The van der Waals surface area contributed by atoms with Gasteiger partial charge >= 0.3 is 0 Å². The van der Waals surface area contributed by atoms with E-state index in [0.717, 1.165) is 17.7 Å². The lowest BCUT2D eigenvalue weighted by atomic mass is 10.2. The van der Waals surface area contributed by atoms with Crippen LogP contribution in [-0.4, -0.2) is 25.4 Å². The summed E-state index contributed by atoms with van der Waals surface area (Å²) in [5.74, 6) is 0.721. The highest BCUT2D eigenvalue weighted by molar-refractivity contribution is 6.32. The molecule has 2 aromatic rings. The van der Waals surface area contributed by atoms with Crippen molar-refractivity contribution in [3.8, 4) is 11.5 Å². The minimum Gasteiger partial charge on any atom is -0.493 e. The van der Waals surface area contributed by atoms with Gasteiger partial charge in [0.05, 0.1) is 12.1 Å². The predicted octanol–water partition coefficient (Wildman–Crippen LogP) is 3.54. The number of halogens is 2. The number of nitrogens with one attached hydrogen (secondary N) is 1. The summed E-state index contributed by atoms with van der Waals surface area (Å²) in [4.78, 5) is 0. The highest BCUT2D eigenvalue weighted by atomic mass is 35.5. The van der Waals surface area contributed by atoms with Crippen LogP contribution in [0.1, 0.15) is 17.5 Å². The first-order chi connectivity index (χ1) is 11.6. The fraction of sp³-hybridized carbons (Fsp3) is 0.333. The lowest BCUT2D eigenvalue weighted by molar-refractivity contribution is 0.284. The molecule has 130 valence electrons.